The Bertz CT molecular complexity index is 405. The molecule has 0 spiro atoms. The van der Waals surface area contributed by atoms with Gasteiger partial charge in [0.05, 0.1) is 6.10 Å². The molecule has 0 bridgehead atoms. The summed E-state index contributed by atoms with van der Waals surface area (Å²) in [5.41, 5.74) is 0.986. The summed E-state index contributed by atoms with van der Waals surface area (Å²) in [6.07, 6.45) is 1.25. The predicted octanol–water partition coefficient (Wildman–Crippen LogP) is 2.42. The number of amides is 1. The summed E-state index contributed by atoms with van der Waals surface area (Å²) in [7, 11) is 0. The van der Waals surface area contributed by atoms with Gasteiger partial charge in [0.15, 0.2) is 0 Å². The second-order valence-electron chi connectivity index (χ2n) is 5.13. The quantitative estimate of drug-likeness (QED) is 0.911. The van der Waals surface area contributed by atoms with Crippen LogP contribution in [0.5, 0.6) is 0 Å². The lowest BCUT2D eigenvalue weighted by molar-refractivity contribution is 0.0450. The molecule has 2 rings (SSSR count). The van der Waals surface area contributed by atoms with Crippen LogP contribution in [0.25, 0.3) is 0 Å². The Morgan fingerprint density at radius 1 is 1.47 bits per heavy atom. The van der Waals surface area contributed by atoms with Crippen molar-refractivity contribution in [2.24, 2.45) is 5.92 Å². The summed E-state index contributed by atoms with van der Waals surface area (Å²) >= 11 is 0. The number of aliphatic hydroxyl groups is 1. The van der Waals surface area contributed by atoms with Crippen LogP contribution in [-0.2, 0) is 11.3 Å². The molecule has 19 heavy (non-hydrogen) atoms. The number of aliphatic hydroxyl groups excluding tert-OH is 1. The smallest absolute Gasteiger partial charge is 0.410 e. The van der Waals surface area contributed by atoms with Gasteiger partial charge in [0.2, 0.25) is 0 Å². The lowest BCUT2D eigenvalue weighted by atomic mass is 9.94. The van der Waals surface area contributed by atoms with Crippen LogP contribution in [0, 0.1) is 5.92 Å². The van der Waals surface area contributed by atoms with Crippen LogP contribution in [0.1, 0.15) is 25.3 Å². The molecule has 1 fully saturated rings. The molecule has 1 amide bonds. The van der Waals surface area contributed by atoms with Gasteiger partial charge < -0.3 is 14.7 Å². The summed E-state index contributed by atoms with van der Waals surface area (Å²) in [6, 6.07) is 9.65. The molecule has 0 aliphatic carbocycles. The largest absolute Gasteiger partial charge is 0.445 e. The number of ether oxygens (including phenoxy) is 1. The molecule has 104 valence electrons. The molecule has 1 saturated heterocycles. The van der Waals surface area contributed by atoms with Crippen LogP contribution in [0.15, 0.2) is 30.3 Å². The van der Waals surface area contributed by atoms with Crippen LogP contribution in [-0.4, -0.2) is 35.3 Å². The number of hydrogen-bond acceptors (Lipinski definition) is 3. The number of nitrogens with zero attached hydrogens (tertiary/aromatic N) is 1. The Morgan fingerprint density at radius 2 is 2.21 bits per heavy atom. The molecule has 1 aliphatic heterocycles. The van der Waals surface area contributed by atoms with Crippen molar-refractivity contribution in [1.29, 1.82) is 0 Å². The van der Waals surface area contributed by atoms with Crippen LogP contribution < -0.4 is 0 Å². The van der Waals surface area contributed by atoms with Crippen LogP contribution in [0.3, 0.4) is 0 Å². The molecule has 1 aromatic rings. The Balaban J connectivity index is 1.83. The predicted molar refractivity (Wildman–Crippen MR) is 72.6 cm³/mol. The summed E-state index contributed by atoms with van der Waals surface area (Å²) in [6.45, 7) is 3.39. The molecule has 1 N–H and O–H groups in total. The highest BCUT2D eigenvalue weighted by Crippen LogP contribution is 2.20. The number of rotatable bonds is 3. The first-order valence-electron chi connectivity index (χ1n) is 6.80. The number of likely N-dealkylation sites (tertiary alicyclic amines) is 1. The van der Waals surface area contributed by atoms with Gasteiger partial charge in [-0.05, 0) is 25.3 Å². The van der Waals surface area contributed by atoms with Crippen molar-refractivity contribution in [3.63, 3.8) is 0 Å². The second-order valence-corrected chi connectivity index (χ2v) is 5.13. The van der Waals surface area contributed by atoms with E-state index in [9.17, 15) is 9.90 Å². The van der Waals surface area contributed by atoms with E-state index >= 15 is 0 Å². The summed E-state index contributed by atoms with van der Waals surface area (Å²) < 4.78 is 5.30. The van der Waals surface area contributed by atoms with Crippen molar-refractivity contribution in [3.05, 3.63) is 35.9 Å². The Labute approximate surface area is 114 Å². The third-order valence-corrected chi connectivity index (χ3v) is 3.60. The van der Waals surface area contributed by atoms with Gasteiger partial charge in [-0.15, -0.1) is 0 Å². The maximum atomic E-state index is 12.0. The number of hydrogen-bond donors (Lipinski definition) is 1. The molecule has 1 aliphatic rings. The monoisotopic (exact) mass is 263 g/mol. The second kappa shape index (κ2) is 6.57. The van der Waals surface area contributed by atoms with Gasteiger partial charge in [-0.2, -0.15) is 0 Å². The van der Waals surface area contributed by atoms with Gasteiger partial charge in [0.25, 0.3) is 0 Å². The van der Waals surface area contributed by atoms with E-state index in [0.717, 1.165) is 24.9 Å². The van der Waals surface area contributed by atoms with Crippen LogP contribution >= 0.6 is 0 Å². The van der Waals surface area contributed by atoms with Gasteiger partial charge in [-0.25, -0.2) is 4.79 Å². The van der Waals surface area contributed by atoms with Crippen LogP contribution in [0.4, 0.5) is 4.79 Å². The van der Waals surface area contributed by atoms with Crippen molar-refractivity contribution in [1.82, 2.24) is 4.90 Å². The van der Waals surface area contributed by atoms with E-state index in [4.69, 9.17) is 4.74 Å². The molecule has 0 saturated carbocycles. The van der Waals surface area contributed by atoms with Crippen molar-refractivity contribution < 1.29 is 14.6 Å². The first-order chi connectivity index (χ1) is 9.16. The first kappa shape index (κ1) is 13.9. The zero-order valence-corrected chi connectivity index (χ0v) is 11.3. The molecule has 4 heteroatoms. The Morgan fingerprint density at radius 3 is 2.89 bits per heavy atom. The fourth-order valence-electron chi connectivity index (χ4n) is 2.38. The average molecular weight is 263 g/mol. The van der Waals surface area contributed by atoms with E-state index in [-0.39, 0.29) is 18.1 Å². The topological polar surface area (TPSA) is 49.8 Å². The molecular weight excluding hydrogens is 242 g/mol. The van der Waals surface area contributed by atoms with Crippen LogP contribution in [0.2, 0.25) is 0 Å². The minimum Gasteiger partial charge on any atom is -0.445 e. The van der Waals surface area contributed by atoms with E-state index < -0.39 is 0 Å². The van der Waals surface area contributed by atoms with Crippen molar-refractivity contribution in [3.8, 4) is 0 Å². The molecule has 1 heterocycles. The normalized spacial score (nSPS) is 20.9. The minimum atomic E-state index is -0.371. The minimum absolute atomic E-state index is 0.165. The zero-order valence-electron chi connectivity index (χ0n) is 11.3. The average Bonchev–Trinajstić information content (AvgIpc) is 2.46. The first-order valence-corrected chi connectivity index (χ1v) is 6.80. The summed E-state index contributed by atoms with van der Waals surface area (Å²) in [5, 5.41) is 9.61. The third-order valence-electron chi connectivity index (χ3n) is 3.60. The van der Waals surface area contributed by atoms with Gasteiger partial charge in [-0.3, -0.25) is 0 Å². The standard InChI is InChI=1S/C15H21NO3/c1-12(17)14-8-5-9-16(10-14)15(18)19-11-13-6-3-2-4-7-13/h2-4,6-7,12,14,17H,5,8-11H2,1H3/t12-,14-/m0/s1. The number of carbonyl (C=O) groups excluding carboxylic acids is 1. The van der Waals surface area contributed by atoms with E-state index in [1.165, 1.54) is 0 Å². The Kier molecular flexibility index (Phi) is 4.80. The lowest BCUT2D eigenvalue weighted by Gasteiger charge is -2.33. The maximum Gasteiger partial charge on any atom is 0.410 e. The van der Waals surface area contributed by atoms with E-state index in [1.54, 1.807) is 11.8 Å². The Hall–Kier alpha value is -1.55. The summed E-state index contributed by atoms with van der Waals surface area (Å²) in [5.74, 6) is 0.165. The molecule has 4 nitrogen and oxygen atoms in total. The fourth-order valence-corrected chi connectivity index (χ4v) is 2.38. The van der Waals surface area contributed by atoms with Crippen molar-refractivity contribution >= 4 is 6.09 Å². The number of benzene rings is 1. The fraction of sp³-hybridized carbons (Fsp3) is 0.533. The molecule has 0 unspecified atom stereocenters. The molecular formula is C15H21NO3. The highest BCUT2D eigenvalue weighted by atomic mass is 16.6. The van der Waals surface area contributed by atoms with Crippen molar-refractivity contribution in [2.45, 2.75) is 32.5 Å². The molecule has 2 atom stereocenters. The summed E-state index contributed by atoms with van der Waals surface area (Å²) in [4.78, 5) is 13.7. The SMILES string of the molecule is C[C@H](O)[C@H]1CCCN(C(=O)OCc2ccccc2)C1. The lowest BCUT2D eigenvalue weighted by Crippen LogP contribution is -2.43. The zero-order chi connectivity index (χ0) is 13.7. The van der Waals surface area contributed by atoms with E-state index in [1.807, 2.05) is 30.3 Å². The highest BCUT2D eigenvalue weighted by Gasteiger charge is 2.27. The molecule has 0 radical (unpaired) electrons. The van der Waals surface area contributed by atoms with Gasteiger partial charge in [0, 0.05) is 19.0 Å². The number of piperidine rings is 1. The van der Waals surface area contributed by atoms with Gasteiger partial charge in [0.1, 0.15) is 6.61 Å². The number of carbonyl (C=O) groups is 1. The van der Waals surface area contributed by atoms with Crippen molar-refractivity contribution in [2.75, 3.05) is 13.1 Å². The highest BCUT2D eigenvalue weighted by molar-refractivity contribution is 5.67. The molecule has 0 aromatic heterocycles. The third kappa shape index (κ3) is 3.96. The van der Waals surface area contributed by atoms with Gasteiger partial charge in [-0.1, -0.05) is 30.3 Å². The van der Waals surface area contributed by atoms with E-state index in [2.05, 4.69) is 0 Å². The molecule has 1 aromatic carbocycles. The van der Waals surface area contributed by atoms with Gasteiger partial charge >= 0.3 is 6.09 Å². The van der Waals surface area contributed by atoms with E-state index in [0.29, 0.717) is 13.2 Å². The maximum absolute atomic E-state index is 12.0.